The first-order valence-electron chi connectivity index (χ1n) is 4.24. The van der Waals surface area contributed by atoms with Gasteiger partial charge in [-0.25, -0.2) is 4.98 Å². The highest BCUT2D eigenvalue weighted by Gasteiger charge is 2.22. The third-order valence-electron chi connectivity index (χ3n) is 1.82. The van der Waals surface area contributed by atoms with Gasteiger partial charge in [-0.1, -0.05) is 0 Å². The lowest BCUT2D eigenvalue weighted by Gasteiger charge is -2.26. The van der Waals surface area contributed by atoms with Gasteiger partial charge in [0.05, 0.1) is 23.9 Å². The van der Waals surface area contributed by atoms with E-state index in [2.05, 4.69) is 31.2 Å². The fourth-order valence-electron chi connectivity index (χ4n) is 0.995. The van der Waals surface area contributed by atoms with E-state index < -0.39 is 0 Å². The first-order chi connectivity index (χ1) is 6.79. The SMILES string of the molecule is CNc1ncc(Br)c(OC2COC2)n1. The van der Waals surface area contributed by atoms with E-state index in [4.69, 9.17) is 9.47 Å². The zero-order valence-electron chi connectivity index (χ0n) is 7.66. The van der Waals surface area contributed by atoms with E-state index in [1.807, 2.05) is 0 Å². The van der Waals surface area contributed by atoms with Gasteiger partial charge >= 0.3 is 0 Å². The molecule has 1 N–H and O–H groups in total. The fraction of sp³-hybridized carbons (Fsp3) is 0.500. The summed E-state index contributed by atoms with van der Waals surface area (Å²) in [5, 5.41) is 2.85. The Morgan fingerprint density at radius 3 is 3.00 bits per heavy atom. The third kappa shape index (κ3) is 1.96. The number of rotatable bonds is 3. The monoisotopic (exact) mass is 259 g/mol. The maximum atomic E-state index is 5.56. The van der Waals surface area contributed by atoms with E-state index in [0.717, 1.165) is 4.47 Å². The summed E-state index contributed by atoms with van der Waals surface area (Å²) in [6.07, 6.45) is 1.78. The van der Waals surface area contributed by atoms with Crippen LogP contribution in [0.15, 0.2) is 10.7 Å². The first kappa shape index (κ1) is 9.67. The Hall–Kier alpha value is -0.880. The summed E-state index contributed by atoms with van der Waals surface area (Å²) in [5.74, 6) is 1.10. The highest BCUT2D eigenvalue weighted by Crippen LogP contribution is 2.24. The molecule has 1 aliphatic heterocycles. The zero-order chi connectivity index (χ0) is 9.97. The molecule has 0 radical (unpaired) electrons. The molecule has 2 heterocycles. The van der Waals surface area contributed by atoms with Crippen LogP contribution in [0.25, 0.3) is 0 Å². The Balaban J connectivity index is 2.13. The van der Waals surface area contributed by atoms with Crippen molar-refractivity contribution in [2.24, 2.45) is 0 Å². The lowest BCUT2D eigenvalue weighted by Crippen LogP contribution is -2.38. The standard InChI is InChI=1S/C8H10BrN3O2/c1-10-8-11-2-6(9)7(12-8)14-5-3-13-4-5/h2,5H,3-4H2,1H3,(H,10,11,12). The largest absolute Gasteiger partial charge is 0.468 e. The van der Waals surface area contributed by atoms with Crippen molar-refractivity contribution < 1.29 is 9.47 Å². The number of hydrogen-bond acceptors (Lipinski definition) is 5. The van der Waals surface area contributed by atoms with Crippen molar-refractivity contribution in [2.75, 3.05) is 25.6 Å². The average molecular weight is 260 g/mol. The van der Waals surface area contributed by atoms with E-state index in [-0.39, 0.29) is 6.10 Å². The molecule has 76 valence electrons. The molecule has 2 rings (SSSR count). The molecule has 0 atom stereocenters. The predicted octanol–water partition coefficient (Wildman–Crippen LogP) is 1.06. The highest BCUT2D eigenvalue weighted by molar-refractivity contribution is 9.10. The second kappa shape index (κ2) is 4.10. The van der Waals surface area contributed by atoms with Crippen molar-refractivity contribution >= 4 is 21.9 Å². The van der Waals surface area contributed by atoms with Crippen LogP contribution in [-0.4, -0.2) is 36.3 Å². The molecule has 0 bridgehead atoms. The van der Waals surface area contributed by atoms with E-state index in [0.29, 0.717) is 25.0 Å². The third-order valence-corrected chi connectivity index (χ3v) is 2.37. The number of nitrogens with zero attached hydrogens (tertiary/aromatic N) is 2. The van der Waals surface area contributed by atoms with Crippen LogP contribution in [0.2, 0.25) is 0 Å². The van der Waals surface area contributed by atoms with Gasteiger partial charge in [0.2, 0.25) is 11.8 Å². The van der Waals surface area contributed by atoms with Crippen LogP contribution in [-0.2, 0) is 4.74 Å². The summed E-state index contributed by atoms with van der Waals surface area (Å²) in [4.78, 5) is 8.19. The van der Waals surface area contributed by atoms with Gasteiger partial charge in [0.1, 0.15) is 6.10 Å². The normalized spacial score (nSPS) is 16.1. The topological polar surface area (TPSA) is 56.3 Å². The van der Waals surface area contributed by atoms with E-state index in [1.165, 1.54) is 0 Å². The van der Waals surface area contributed by atoms with Gasteiger partial charge < -0.3 is 14.8 Å². The highest BCUT2D eigenvalue weighted by atomic mass is 79.9. The zero-order valence-corrected chi connectivity index (χ0v) is 9.24. The molecule has 6 heteroatoms. The quantitative estimate of drug-likeness (QED) is 0.880. The number of ether oxygens (including phenoxy) is 2. The second-order valence-electron chi connectivity index (χ2n) is 2.87. The molecule has 0 saturated carbocycles. The van der Waals surface area contributed by atoms with Crippen LogP contribution in [0.5, 0.6) is 5.88 Å². The minimum absolute atomic E-state index is 0.117. The summed E-state index contributed by atoms with van der Waals surface area (Å²) >= 11 is 3.32. The molecule has 1 saturated heterocycles. The average Bonchev–Trinajstić information content (AvgIpc) is 2.14. The summed E-state index contributed by atoms with van der Waals surface area (Å²) in [6.45, 7) is 1.26. The van der Waals surface area contributed by atoms with Crippen molar-refractivity contribution in [3.8, 4) is 5.88 Å². The van der Waals surface area contributed by atoms with Crippen LogP contribution in [0.3, 0.4) is 0 Å². The van der Waals surface area contributed by atoms with E-state index in [9.17, 15) is 0 Å². The van der Waals surface area contributed by atoms with Gasteiger partial charge in [-0.05, 0) is 15.9 Å². The summed E-state index contributed by atoms with van der Waals surface area (Å²) in [7, 11) is 1.76. The van der Waals surface area contributed by atoms with Crippen molar-refractivity contribution in [2.45, 2.75) is 6.10 Å². The molecular formula is C8H10BrN3O2. The molecule has 1 aromatic heterocycles. The van der Waals surface area contributed by atoms with E-state index in [1.54, 1.807) is 13.2 Å². The molecule has 14 heavy (non-hydrogen) atoms. The minimum atomic E-state index is 0.117. The summed E-state index contributed by atoms with van der Waals surface area (Å²) in [5.41, 5.74) is 0. The Kier molecular flexibility index (Phi) is 2.83. The number of anilines is 1. The molecule has 0 aromatic carbocycles. The maximum absolute atomic E-state index is 5.56. The van der Waals surface area contributed by atoms with Crippen LogP contribution >= 0.6 is 15.9 Å². The Labute approximate surface area is 90.0 Å². The van der Waals surface area contributed by atoms with Crippen LogP contribution in [0.1, 0.15) is 0 Å². The van der Waals surface area contributed by atoms with Gasteiger partial charge in [-0.2, -0.15) is 4.98 Å². The van der Waals surface area contributed by atoms with Gasteiger partial charge in [-0.15, -0.1) is 0 Å². The predicted molar refractivity (Wildman–Crippen MR) is 54.5 cm³/mol. The Morgan fingerprint density at radius 2 is 2.43 bits per heavy atom. The van der Waals surface area contributed by atoms with Crippen molar-refractivity contribution in [1.29, 1.82) is 0 Å². The molecule has 0 aliphatic carbocycles. The maximum Gasteiger partial charge on any atom is 0.233 e. The number of aromatic nitrogens is 2. The molecular weight excluding hydrogens is 250 g/mol. The molecule has 5 nitrogen and oxygen atoms in total. The van der Waals surface area contributed by atoms with E-state index >= 15 is 0 Å². The van der Waals surface area contributed by atoms with Crippen LogP contribution in [0, 0.1) is 0 Å². The van der Waals surface area contributed by atoms with Gasteiger partial charge in [-0.3, -0.25) is 0 Å². The molecule has 0 unspecified atom stereocenters. The number of nitrogens with one attached hydrogen (secondary N) is 1. The number of hydrogen-bond donors (Lipinski definition) is 1. The lowest BCUT2D eigenvalue weighted by molar-refractivity contribution is -0.0816. The smallest absolute Gasteiger partial charge is 0.233 e. The molecule has 0 amide bonds. The number of halogens is 1. The summed E-state index contributed by atoms with van der Waals surface area (Å²) in [6, 6.07) is 0. The fourth-order valence-corrected chi connectivity index (χ4v) is 1.28. The van der Waals surface area contributed by atoms with Crippen molar-refractivity contribution in [3.05, 3.63) is 10.7 Å². The second-order valence-corrected chi connectivity index (χ2v) is 3.73. The van der Waals surface area contributed by atoms with Gasteiger partial charge in [0.15, 0.2) is 0 Å². The van der Waals surface area contributed by atoms with Crippen LogP contribution in [0.4, 0.5) is 5.95 Å². The van der Waals surface area contributed by atoms with Crippen molar-refractivity contribution in [3.63, 3.8) is 0 Å². The van der Waals surface area contributed by atoms with Gasteiger partial charge in [0.25, 0.3) is 0 Å². The molecule has 0 spiro atoms. The first-order valence-corrected chi connectivity index (χ1v) is 5.03. The van der Waals surface area contributed by atoms with Gasteiger partial charge in [0, 0.05) is 7.05 Å². The Bertz CT molecular complexity index is 330. The molecule has 1 fully saturated rings. The minimum Gasteiger partial charge on any atom is -0.468 e. The van der Waals surface area contributed by atoms with Crippen molar-refractivity contribution in [1.82, 2.24) is 9.97 Å². The lowest BCUT2D eigenvalue weighted by atomic mass is 10.3. The summed E-state index contributed by atoms with van der Waals surface area (Å²) < 4.78 is 11.3. The van der Waals surface area contributed by atoms with Crippen LogP contribution < -0.4 is 10.1 Å². The Morgan fingerprint density at radius 1 is 1.64 bits per heavy atom. The molecule has 1 aliphatic rings. The molecule has 1 aromatic rings.